The summed E-state index contributed by atoms with van der Waals surface area (Å²) in [6.45, 7) is 2.58. The molecule has 0 aliphatic rings. The maximum atomic E-state index is 10.6. The van der Waals surface area contributed by atoms with E-state index in [2.05, 4.69) is 6.92 Å². The molecule has 0 unspecified atom stereocenters. The van der Waals surface area contributed by atoms with Gasteiger partial charge in [0.25, 0.3) is 0 Å². The lowest BCUT2D eigenvalue weighted by atomic mass is 10.2. The number of para-hydroxylation sites is 1. The number of ether oxygens (including phenoxy) is 1. The van der Waals surface area contributed by atoms with Gasteiger partial charge in [-0.15, -0.1) is 0 Å². The molecule has 0 bridgehead atoms. The van der Waals surface area contributed by atoms with Crippen molar-refractivity contribution in [2.45, 2.75) is 13.3 Å². The molecule has 0 N–H and O–H groups in total. The van der Waals surface area contributed by atoms with Crippen molar-refractivity contribution in [1.29, 1.82) is 0 Å². The molecule has 0 spiro atoms. The minimum atomic E-state index is 0.513. The van der Waals surface area contributed by atoms with E-state index in [1.54, 1.807) is 12.1 Å². The molecule has 2 heteroatoms. The number of hydrogen-bond donors (Lipinski definition) is 0. The van der Waals surface area contributed by atoms with Gasteiger partial charge in [-0.1, -0.05) is 31.2 Å². The van der Waals surface area contributed by atoms with E-state index in [-0.39, 0.29) is 0 Å². The molecule has 2 nitrogen and oxygen atoms in total. The maximum Gasteiger partial charge on any atom is 0.153 e. The van der Waals surface area contributed by atoms with Crippen LogP contribution in [-0.4, -0.2) is 12.9 Å². The smallest absolute Gasteiger partial charge is 0.153 e. The zero-order valence-corrected chi connectivity index (χ0v) is 8.27. The van der Waals surface area contributed by atoms with Crippen molar-refractivity contribution < 1.29 is 9.53 Å². The highest BCUT2D eigenvalue weighted by molar-refractivity contribution is 5.79. The first-order valence-corrected chi connectivity index (χ1v) is 4.70. The van der Waals surface area contributed by atoms with E-state index < -0.39 is 0 Å². The summed E-state index contributed by atoms with van der Waals surface area (Å²) < 4.78 is 5.41. The molecule has 0 radical (unpaired) electrons. The van der Waals surface area contributed by atoms with Gasteiger partial charge in [0.2, 0.25) is 0 Å². The third kappa shape index (κ3) is 3.05. The lowest BCUT2D eigenvalue weighted by Gasteiger charge is -2.04. The second-order valence-electron chi connectivity index (χ2n) is 2.85. The van der Waals surface area contributed by atoms with Crippen LogP contribution in [0.15, 0.2) is 36.4 Å². The number of aldehydes is 1. The van der Waals surface area contributed by atoms with Crippen LogP contribution in [0.5, 0.6) is 5.75 Å². The standard InChI is InChI=1S/C12H14O2/c1-2-3-6-9-14-12-8-5-4-7-11(12)10-13/h3-8,10H,2,9H2,1H3. The highest BCUT2D eigenvalue weighted by atomic mass is 16.5. The number of rotatable bonds is 5. The minimum Gasteiger partial charge on any atom is -0.489 e. The first-order chi connectivity index (χ1) is 6.88. The summed E-state index contributed by atoms with van der Waals surface area (Å²) in [5.41, 5.74) is 0.595. The number of hydrogen-bond acceptors (Lipinski definition) is 2. The van der Waals surface area contributed by atoms with Crippen molar-refractivity contribution in [3.05, 3.63) is 42.0 Å². The molecular weight excluding hydrogens is 176 g/mol. The molecule has 0 atom stereocenters. The van der Waals surface area contributed by atoms with Crippen molar-refractivity contribution in [3.63, 3.8) is 0 Å². The largest absolute Gasteiger partial charge is 0.489 e. The summed E-state index contributed by atoms with van der Waals surface area (Å²) >= 11 is 0. The molecule has 14 heavy (non-hydrogen) atoms. The van der Waals surface area contributed by atoms with Crippen LogP contribution in [0, 0.1) is 0 Å². The molecule has 0 heterocycles. The van der Waals surface area contributed by atoms with E-state index in [1.807, 2.05) is 24.3 Å². The Bertz CT molecular complexity index is 316. The maximum absolute atomic E-state index is 10.6. The Labute approximate surface area is 84.2 Å². The third-order valence-corrected chi connectivity index (χ3v) is 1.78. The van der Waals surface area contributed by atoms with Gasteiger partial charge < -0.3 is 4.74 Å². The fraction of sp³-hybridized carbons (Fsp3) is 0.250. The Morgan fingerprint density at radius 3 is 2.79 bits per heavy atom. The van der Waals surface area contributed by atoms with Crippen LogP contribution in [-0.2, 0) is 0 Å². The second-order valence-corrected chi connectivity index (χ2v) is 2.85. The van der Waals surface area contributed by atoms with Gasteiger partial charge >= 0.3 is 0 Å². The first-order valence-electron chi connectivity index (χ1n) is 4.70. The Morgan fingerprint density at radius 2 is 2.07 bits per heavy atom. The molecule has 0 fully saturated rings. The van der Waals surface area contributed by atoms with E-state index >= 15 is 0 Å². The van der Waals surface area contributed by atoms with Gasteiger partial charge in [-0.2, -0.15) is 0 Å². The zero-order valence-electron chi connectivity index (χ0n) is 8.27. The summed E-state index contributed by atoms with van der Waals surface area (Å²) in [5, 5.41) is 0. The number of carbonyl (C=O) groups excluding carboxylic acids is 1. The molecule has 1 aromatic carbocycles. The molecule has 1 rings (SSSR count). The zero-order chi connectivity index (χ0) is 10.2. The van der Waals surface area contributed by atoms with Crippen LogP contribution in [0.2, 0.25) is 0 Å². The van der Waals surface area contributed by atoms with Gasteiger partial charge in [-0.05, 0) is 18.6 Å². The minimum absolute atomic E-state index is 0.513. The van der Waals surface area contributed by atoms with Gasteiger partial charge in [0.1, 0.15) is 12.4 Å². The lowest BCUT2D eigenvalue weighted by Crippen LogP contribution is -1.96. The molecular formula is C12H14O2. The van der Waals surface area contributed by atoms with Crippen molar-refractivity contribution >= 4 is 6.29 Å². The average molecular weight is 190 g/mol. The Kier molecular flexibility index (Phi) is 4.48. The second kappa shape index (κ2) is 5.97. The highest BCUT2D eigenvalue weighted by Gasteiger charge is 1.98. The van der Waals surface area contributed by atoms with Gasteiger partial charge in [0.05, 0.1) is 5.56 Å². The van der Waals surface area contributed by atoms with E-state index in [1.165, 1.54) is 0 Å². The topological polar surface area (TPSA) is 26.3 Å². The SMILES string of the molecule is CCC=CCOc1ccccc1C=O. The Hall–Kier alpha value is -1.57. The Morgan fingerprint density at radius 1 is 1.29 bits per heavy atom. The fourth-order valence-corrected chi connectivity index (χ4v) is 1.08. The van der Waals surface area contributed by atoms with Crippen LogP contribution in [0.3, 0.4) is 0 Å². The number of allylic oxidation sites excluding steroid dienone is 1. The van der Waals surface area contributed by atoms with Gasteiger partial charge in [-0.3, -0.25) is 4.79 Å². The fourth-order valence-electron chi connectivity index (χ4n) is 1.08. The summed E-state index contributed by atoms with van der Waals surface area (Å²) in [5.74, 6) is 0.642. The molecule has 0 saturated carbocycles. The quantitative estimate of drug-likeness (QED) is 0.527. The van der Waals surface area contributed by atoms with Crippen LogP contribution in [0.4, 0.5) is 0 Å². The first kappa shape index (κ1) is 10.5. The molecule has 74 valence electrons. The summed E-state index contributed by atoms with van der Waals surface area (Å²) in [7, 11) is 0. The van der Waals surface area contributed by atoms with Crippen LogP contribution >= 0.6 is 0 Å². The summed E-state index contributed by atoms with van der Waals surface area (Å²) in [6.07, 6.45) is 5.78. The summed E-state index contributed by atoms with van der Waals surface area (Å²) in [6, 6.07) is 7.21. The van der Waals surface area contributed by atoms with Crippen molar-refractivity contribution in [3.8, 4) is 5.75 Å². The lowest BCUT2D eigenvalue weighted by molar-refractivity contribution is 0.112. The van der Waals surface area contributed by atoms with Gasteiger partial charge in [0.15, 0.2) is 6.29 Å². The van der Waals surface area contributed by atoms with Crippen molar-refractivity contribution in [2.24, 2.45) is 0 Å². The van der Waals surface area contributed by atoms with E-state index in [0.717, 1.165) is 12.7 Å². The van der Waals surface area contributed by atoms with Crippen LogP contribution in [0.1, 0.15) is 23.7 Å². The normalized spacial score (nSPS) is 10.4. The molecule has 0 saturated heterocycles. The van der Waals surface area contributed by atoms with Gasteiger partial charge in [-0.25, -0.2) is 0 Å². The monoisotopic (exact) mass is 190 g/mol. The van der Waals surface area contributed by atoms with Crippen molar-refractivity contribution in [1.82, 2.24) is 0 Å². The predicted molar refractivity (Wildman–Crippen MR) is 56.8 cm³/mol. The molecule has 0 amide bonds. The van der Waals surface area contributed by atoms with E-state index in [4.69, 9.17) is 4.74 Å². The molecule has 1 aromatic rings. The molecule has 0 aromatic heterocycles. The predicted octanol–water partition coefficient (Wildman–Crippen LogP) is 2.84. The summed E-state index contributed by atoms with van der Waals surface area (Å²) in [4.78, 5) is 10.6. The average Bonchev–Trinajstić information content (AvgIpc) is 2.25. The number of benzene rings is 1. The van der Waals surface area contributed by atoms with E-state index in [9.17, 15) is 4.79 Å². The molecule has 0 aliphatic carbocycles. The molecule has 0 aliphatic heterocycles. The Balaban J connectivity index is 2.57. The van der Waals surface area contributed by atoms with Crippen molar-refractivity contribution in [2.75, 3.05) is 6.61 Å². The third-order valence-electron chi connectivity index (χ3n) is 1.78. The van der Waals surface area contributed by atoms with E-state index in [0.29, 0.717) is 17.9 Å². The van der Waals surface area contributed by atoms with Crippen LogP contribution in [0.25, 0.3) is 0 Å². The number of carbonyl (C=O) groups is 1. The highest BCUT2D eigenvalue weighted by Crippen LogP contribution is 2.15. The van der Waals surface area contributed by atoms with Gasteiger partial charge in [0, 0.05) is 0 Å². The van der Waals surface area contributed by atoms with Crippen LogP contribution < -0.4 is 4.74 Å².